The highest BCUT2D eigenvalue weighted by Crippen LogP contribution is 2.33. The zero-order valence-corrected chi connectivity index (χ0v) is 16.4. The molecule has 0 aliphatic carbocycles. The number of ether oxygens (including phenoxy) is 1. The number of nitrogens with one attached hydrogen (secondary N) is 1. The number of amides is 1. The smallest absolute Gasteiger partial charge is 0.404 e. The second-order valence-electron chi connectivity index (χ2n) is 6.59. The van der Waals surface area contributed by atoms with Crippen molar-refractivity contribution >= 4 is 43.8 Å². The van der Waals surface area contributed by atoms with Gasteiger partial charge in [-0.1, -0.05) is 6.92 Å². The lowest BCUT2D eigenvalue weighted by atomic mass is 10.0. The summed E-state index contributed by atoms with van der Waals surface area (Å²) in [6, 6.07) is 5.15. The van der Waals surface area contributed by atoms with Gasteiger partial charge in [-0.2, -0.15) is 0 Å². The zero-order chi connectivity index (χ0) is 19.6. The number of nitrogens with zero attached hydrogens (tertiary/aromatic N) is 1. The Kier molecular flexibility index (Phi) is 5.65. The van der Waals surface area contributed by atoms with Crippen LogP contribution in [0.15, 0.2) is 44.3 Å². The molecule has 27 heavy (non-hydrogen) atoms. The second kappa shape index (κ2) is 7.96. The minimum Gasteiger partial charge on any atom is -0.492 e. The first-order valence-electron chi connectivity index (χ1n) is 8.47. The third-order valence-electron chi connectivity index (χ3n) is 4.22. The largest absolute Gasteiger partial charge is 0.492 e. The molecule has 0 saturated heterocycles. The summed E-state index contributed by atoms with van der Waals surface area (Å²) in [5, 5.41) is 13.2. The molecule has 0 bridgehead atoms. The van der Waals surface area contributed by atoms with Gasteiger partial charge in [0.25, 0.3) is 0 Å². The third kappa shape index (κ3) is 4.39. The number of carboxylic acid groups (broad SMARTS) is 1. The normalized spacial score (nSPS) is 13.4. The lowest BCUT2D eigenvalue weighted by Crippen LogP contribution is -2.33. The van der Waals surface area contributed by atoms with Gasteiger partial charge in [-0.3, -0.25) is 4.98 Å². The Hall–Kier alpha value is -2.61. The van der Waals surface area contributed by atoms with Gasteiger partial charge >= 0.3 is 11.7 Å². The van der Waals surface area contributed by atoms with Crippen molar-refractivity contribution in [2.24, 2.45) is 5.92 Å². The molecule has 7 nitrogen and oxygen atoms in total. The molecule has 1 amide bonds. The van der Waals surface area contributed by atoms with Crippen molar-refractivity contribution in [1.29, 1.82) is 0 Å². The van der Waals surface area contributed by atoms with E-state index in [-0.39, 0.29) is 12.0 Å². The van der Waals surface area contributed by atoms with Crippen LogP contribution in [0.2, 0.25) is 0 Å². The Morgan fingerprint density at radius 2 is 2.11 bits per heavy atom. The van der Waals surface area contributed by atoms with Crippen LogP contribution in [0.3, 0.4) is 0 Å². The fraction of sp³-hybridized carbons (Fsp3) is 0.316. The maximum atomic E-state index is 12.2. The molecule has 2 unspecified atom stereocenters. The number of aromatic nitrogens is 1. The van der Waals surface area contributed by atoms with E-state index >= 15 is 0 Å². The highest BCUT2D eigenvalue weighted by Gasteiger charge is 2.14. The Bertz CT molecular complexity index is 1050. The molecule has 8 heteroatoms. The summed E-state index contributed by atoms with van der Waals surface area (Å²) in [6.45, 7) is 4.19. The van der Waals surface area contributed by atoms with Crippen LogP contribution in [0, 0.1) is 5.92 Å². The average molecular weight is 435 g/mol. The van der Waals surface area contributed by atoms with E-state index in [1.807, 2.05) is 19.9 Å². The molecule has 0 fully saturated rings. The number of halogens is 1. The van der Waals surface area contributed by atoms with Gasteiger partial charge in [0.2, 0.25) is 0 Å². The molecule has 0 aliphatic rings. The van der Waals surface area contributed by atoms with E-state index in [1.165, 1.54) is 6.20 Å². The number of hydrogen-bond acceptors (Lipinski definition) is 5. The summed E-state index contributed by atoms with van der Waals surface area (Å²) in [7, 11) is 0. The van der Waals surface area contributed by atoms with Crippen molar-refractivity contribution in [2.45, 2.75) is 26.3 Å². The molecule has 0 saturated carbocycles. The van der Waals surface area contributed by atoms with Gasteiger partial charge in [0.05, 0.1) is 16.5 Å². The number of pyridine rings is 1. The van der Waals surface area contributed by atoms with E-state index in [2.05, 4.69) is 26.2 Å². The summed E-state index contributed by atoms with van der Waals surface area (Å²) in [5.41, 5.74) is -0.00808. The number of rotatable bonds is 6. The topological polar surface area (TPSA) is 102 Å². The predicted molar refractivity (Wildman–Crippen MR) is 105 cm³/mol. The van der Waals surface area contributed by atoms with Gasteiger partial charge in [-0.05, 0) is 47.3 Å². The van der Waals surface area contributed by atoms with Crippen molar-refractivity contribution in [2.75, 3.05) is 6.61 Å². The van der Waals surface area contributed by atoms with Crippen LogP contribution >= 0.6 is 15.9 Å². The molecule has 3 aromatic rings. The first-order valence-corrected chi connectivity index (χ1v) is 9.26. The maximum Gasteiger partial charge on any atom is 0.404 e. The van der Waals surface area contributed by atoms with Crippen molar-refractivity contribution in [3.63, 3.8) is 0 Å². The summed E-state index contributed by atoms with van der Waals surface area (Å²) in [6.07, 6.45) is 2.73. The SMILES string of the molecule is CC(COc1cc2oc(=O)c3cnccc3c2cc1Br)CC(C)NC(=O)O. The highest BCUT2D eigenvalue weighted by molar-refractivity contribution is 9.10. The molecule has 2 atom stereocenters. The average Bonchev–Trinajstić information content (AvgIpc) is 2.60. The molecule has 0 aliphatic heterocycles. The summed E-state index contributed by atoms with van der Waals surface area (Å²) in [5.74, 6) is 0.689. The molecule has 0 radical (unpaired) electrons. The molecule has 0 spiro atoms. The fourth-order valence-electron chi connectivity index (χ4n) is 3.06. The quantitative estimate of drug-likeness (QED) is 0.445. The van der Waals surface area contributed by atoms with Gasteiger partial charge in [0.15, 0.2) is 0 Å². The minimum absolute atomic E-state index is 0.129. The lowest BCUT2D eigenvalue weighted by Gasteiger charge is -2.18. The Morgan fingerprint density at radius 1 is 1.33 bits per heavy atom. The fourth-order valence-corrected chi connectivity index (χ4v) is 3.52. The van der Waals surface area contributed by atoms with Gasteiger partial charge in [0.1, 0.15) is 11.3 Å². The van der Waals surface area contributed by atoms with Crippen molar-refractivity contribution in [3.8, 4) is 5.75 Å². The van der Waals surface area contributed by atoms with Crippen LogP contribution in [0.4, 0.5) is 4.79 Å². The lowest BCUT2D eigenvalue weighted by molar-refractivity contribution is 0.185. The van der Waals surface area contributed by atoms with Crippen LogP contribution in [-0.4, -0.2) is 28.8 Å². The number of fused-ring (bicyclic) bond motifs is 3. The third-order valence-corrected chi connectivity index (χ3v) is 4.84. The molecular weight excluding hydrogens is 416 g/mol. The molecule has 2 heterocycles. The molecule has 2 N–H and O–H groups in total. The van der Waals surface area contributed by atoms with E-state index in [0.717, 1.165) is 15.2 Å². The van der Waals surface area contributed by atoms with E-state index in [4.69, 9.17) is 14.3 Å². The molecule has 1 aromatic carbocycles. The standard InChI is InChI=1S/C19H19BrN2O5/c1-10(5-11(2)22-19(24)25)9-26-17-7-16-13(6-15(17)20)12-3-4-21-8-14(12)18(23)27-16/h3-4,6-8,10-11,22H,5,9H2,1-2H3,(H,24,25). The zero-order valence-electron chi connectivity index (χ0n) is 14.9. The molecule has 142 valence electrons. The van der Waals surface area contributed by atoms with Crippen molar-refractivity contribution < 1.29 is 19.1 Å². The van der Waals surface area contributed by atoms with E-state index in [0.29, 0.717) is 29.7 Å². The first kappa shape index (κ1) is 19.2. The van der Waals surface area contributed by atoms with Crippen molar-refractivity contribution in [1.82, 2.24) is 10.3 Å². The predicted octanol–water partition coefficient (Wildman–Crippen LogP) is 4.16. The van der Waals surface area contributed by atoms with Gasteiger partial charge in [-0.15, -0.1) is 0 Å². The number of carbonyl (C=O) groups is 1. The highest BCUT2D eigenvalue weighted by atomic mass is 79.9. The monoisotopic (exact) mass is 434 g/mol. The maximum absolute atomic E-state index is 12.2. The van der Waals surface area contributed by atoms with Crippen LogP contribution < -0.4 is 15.7 Å². The summed E-state index contributed by atoms with van der Waals surface area (Å²) < 4.78 is 12.0. The van der Waals surface area contributed by atoms with E-state index in [9.17, 15) is 9.59 Å². The molecular formula is C19H19BrN2O5. The van der Waals surface area contributed by atoms with Crippen LogP contribution in [0.1, 0.15) is 20.3 Å². The van der Waals surface area contributed by atoms with Crippen LogP contribution in [-0.2, 0) is 0 Å². The number of hydrogen-bond donors (Lipinski definition) is 2. The van der Waals surface area contributed by atoms with Gasteiger partial charge in [-0.25, -0.2) is 9.59 Å². The van der Waals surface area contributed by atoms with Crippen LogP contribution in [0.25, 0.3) is 21.7 Å². The molecule has 3 rings (SSSR count). The second-order valence-corrected chi connectivity index (χ2v) is 7.45. The Labute approximate surface area is 163 Å². The van der Waals surface area contributed by atoms with Crippen LogP contribution in [0.5, 0.6) is 5.75 Å². The minimum atomic E-state index is -1.04. The molecule has 2 aromatic heterocycles. The van der Waals surface area contributed by atoms with E-state index in [1.54, 1.807) is 18.3 Å². The van der Waals surface area contributed by atoms with Crippen molar-refractivity contribution in [3.05, 3.63) is 45.5 Å². The Balaban J connectivity index is 1.81. The number of benzene rings is 1. The van der Waals surface area contributed by atoms with Gasteiger partial charge < -0.3 is 19.6 Å². The van der Waals surface area contributed by atoms with Gasteiger partial charge in [0, 0.05) is 35.3 Å². The Morgan fingerprint density at radius 3 is 2.85 bits per heavy atom. The summed E-state index contributed by atoms with van der Waals surface area (Å²) >= 11 is 3.50. The first-order chi connectivity index (χ1) is 12.8. The summed E-state index contributed by atoms with van der Waals surface area (Å²) in [4.78, 5) is 26.8. The van der Waals surface area contributed by atoms with E-state index < -0.39 is 11.7 Å².